The molecule has 2 atom stereocenters. The van der Waals surface area contributed by atoms with Gasteiger partial charge in [-0.3, -0.25) is 4.79 Å². The molecule has 1 fully saturated rings. The number of hydrogen-bond donors (Lipinski definition) is 1. The molecule has 16 heavy (non-hydrogen) atoms. The van der Waals surface area contributed by atoms with Crippen LogP contribution in [-0.2, 0) is 4.79 Å². The molecule has 0 aromatic carbocycles. The van der Waals surface area contributed by atoms with E-state index >= 15 is 0 Å². The lowest BCUT2D eigenvalue weighted by atomic mass is 10.1. The molecule has 0 unspecified atom stereocenters. The second-order valence-electron chi connectivity index (χ2n) is 5.02. The molecule has 0 aromatic rings. The van der Waals surface area contributed by atoms with E-state index in [0.29, 0.717) is 6.04 Å². The topological polar surface area (TPSA) is 29.1 Å². The lowest BCUT2D eigenvalue weighted by Crippen LogP contribution is -2.31. The summed E-state index contributed by atoms with van der Waals surface area (Å²) in [6.45, 7) is 4.45. The zero-order valence-electron chi connectivity index (χ0n) is 10.7. The third-order valence-corrected chi connectivity index (χ3v) is 3.28. The fourth-order valence-electron chi connectivity index (χ4n) is 2.29. The second kappa shape index (κ2) is 7.48. The van der Waals surface area contributed by atoms with Gasteiger partial charge in [-0.15, -0.1) is 0 Å². The zero-order chi connectivity index (χ0) is 11.8. The molecule has 0 aliphatic heterocycles. The van der Waals surface area contributed by atoms with E-state index in [-0.39, 0.29) is 5.91 Å². The van der Waals surface area contributed by atoms with Crippen molar-refractivity contribution in [3.05, 3.63) is 12.2 Å². The van der Waals surface area contributed by atoms with E-state index < -0.39 is 0 Å². The maximum absolute atomic E-state index is 11.5. The van der Waals surface area contributed by atoms with Crippen molar-refractivity contribution in [2.75, 3.05) is 0 Å². The smallest absolute Gasteiger partial charge is 0.243 e. The standard InChI is InChI=1S/C14H25NO/c1-3-4-5-6-7-8-14(16)15-13-10-9-12(2)11-13/h7-8,12-13H,3-6,9-11H2,1-2H3,(H,15,16)/b8-7+/t12-,13+/m0/s1. The van der Waals surface area contributed by atoms with Crippen LogP contribution in [0.2, 0.25) is 0 Å². The van der Waals surface area contributed by atoms with Crippen molar-refractivity contribution in [2.24, 2.45) is 5.92 Å². The monoisotopic (exact) mass is 223 g/mol. The van der Waals surface area contributed by atoms with E-state index in [1.807, 2.05) is 6.08 Å². The number of carbonyl (C=O) groups is 1. The molecular weight excluding hydrogens is 198 g/mol. The molecule has 92 valence electrons. The van der Waals surface area contributed by atoms with Crippen molar-refractivity contribution in [1.29, 1.82) is 0 Å². The predicted molar refractivity (Wildman–Crippen MR) is 68.2 cm³/mol. The van der Waals surface area contributed by atoms with Gasteiger partial charge in [0.25, 0.3) is 0 Å². The van der Waals surface area contributed by atoms with Crippen molar-refractivity contribution in [3.63, 3.8) is 0 Å². The summed E-state index contributed by atoms with van der Waals surface area (Å²) in [5.74, 6) is 0.870. The predicted octanol–water partition coefficient (Wildman–Crippen LogP) is 3.43. The third-order valence-electron chi connectivity index (χ3n) is 3.28. The van der Waals surface area contributed by atoms with Gasteiger partial charge in [0.1, 0.15) is 0 Å². The number of hydrogen-bond acceptors (Lipinski definition) is 1. The van der Waals surface area contributed by atoms with Crippen LogP contribution in [0.25, 0.3) is 0 Å². The minimum absolute atomic E-state index is 0.0931. The Balaban J connectivity index is 2.10. The van der Waals surface area contributed by atoms with Crippen LogP contribution in [0.1, 0.15) is 58.8 Å². The van der Waals surface area contributed by atoms with E-state index in [9.17, 15) is 4.79 Å². The summed E-state index contributed by atoms with van der Waals surface area (Å²) in [5.41, 5.74) is 0. The van der Waals surface area contributed by atoms with Crippen LogP contribution in [0.4, 0.5) is 0 Å². The third kappa shape index (κ3) is 5.34. The molecular formula is C14H25NO. The molecule has 1 aliphatic rings. The van der Waals surface area contributed by atoms with Gasteiger partial charge in [-0.25, -0.2) is 0 Å². The first-order valence-electron chi connectivity index (χ1n) is 6.69. The Hall–Kier alpha value is -0.790. The van der Waals surface area contributed by atoms with E-state index in [4.69, 9.17) is 0 Å². The minimum Gasteiger partial charge on any atom is -0.350 e. The molecule has 0 saturated heterocycles. The molecule has 0 spiro atoms. The summed E-state index contributed by atoms with van der Waals surface area (Å²) in [7, 11) is 0. The highest BCUT2D eigenvalue weighted by Gasteiger charge is 2.21. The number of nitrogens with one attached hydrogen (secondary N) is 1. The minimum atomic E-state index is 0.0931. The van der Waals surface area contributed by atoms with Gasteiger partial charge in [-0.2, -0.15) is 0 Å². The average Bonchev–Trinajstić information content (AvgIpc) is 2.63. The summed E-state index contributed by atoms with van der Waals surface area (Å²) >= 11 is 0. The lowest BCUT2D eigenvalue weighted by molar-refractivity contribution is -0.117. The molecule has 0 aromatic heterocycles. The van der Waals surface area contributed by atoms with Crippen LogP contribution in [0.5, 0.6) is 0 Å². The van der Waals surface area contributed by atoms with Crippen LogP contribution in [-0.4, -0.2) is 11.9 Å². The summed E-state index contributed by atoms with van der Waals surface area (Å²) in [4.78, 5) is 11.5. The molecule has 0 radical (unpaired) electrons. The Labute approximate surface area is 99.5 Å². The first kappa shape index (κ1) is 13.3. The first-order valence-corrected chi connectivity index (χ1v) is 6.69. The van der Waals surface area contributed by atoms with Crippen LogP contribution in [0.3, 0.4) is 0 Å². The summed E-state index contributed by atoms with van der Waals surface area (Å²) < 4.78 is 0. The van der Waals surface area contributed by atoms with E-state index in [2.05, 4.69) is 19.2 Å². The molecule has 1 aliphatic carbocycles. The summed E-state index contributed by atoms with van der Waals surface area (Å²) in [6, 6.07) is 0.419. The Bertz CT molecular complexity index is 235. The van der Waals surface area contributed by atoms with Crippen molar-refractivity contribution in [2.45, 2.75) is 64.8 Å². The maximum Gasteiger partial charge on any atom is 0.243 e. The van der Waals surface area contributed by atoms with Gasteiger partial charge >= 0.3 is 0 Å². The highest BCUT2D eigenvalue weighted by Crippen LogP contribution is 2.24. The Morgan fingerprint density at radius 2 is 2.19 bits per heavy atom. The molecule has 2 nitrogen and oxygen atoms in total. The van der Waals surface area contributed by atoms with E-state index in [1.165, 1.54) is 25.7 Å². The van der Waals surface area contributed by atoms with Crippen LogP contribution in [0, 0.1) is 5.92 Å². The van der Waals surface area contributed by atoms with E-state index in [0.717, 1.165) is 25.2 Å². The first-order chi connectivity index (χ1) is 7.72. The van der Waals surface area contributed by atoms with Crippen LogP contribution in [0.15, 0.2) is 12.2 Å². The summed E-state index contributed by atoms with van der Waals surface area (Å²) in [5, 5.41) is 3.07. The molecule has 1 N–H and O–H groups in total. The maximum atomic E-state index is 11.5. The van der Waals surface area contributed by atoms with Crippen molar-refractivity contribution < 1.29 is 4.79 Å². The van der Waals surface area contributed by atoms with Crippen LogP contribution < -0.4 is 5.32 Å². The van der Waals surface area contributed by atoms with Gasteiger partial charge in [0, 0.05) is 6.04 Å². The van der Waals surface area contributed by atoms with Gasteiger partial charge < -0.3 is 5.32 Å². The highest BCUT2D eigenvalue weighted by molar-refractivity contribution is 5.87. The van der Waals surface area contributed by atoms with Gasteiger partial charge in [-0.05, 0) is 44.1 Å². The highest BCUT2D eigenvalue weighted by atomic mass is 16.1. The lowest BCUT2D eigenvalue weighted by Gasteiger charge is -2.09. The Kier molecular flexibility index (Phi) is 6.20. The van der Waals surface area contributed by atoms with Gasteiger partial charge in [0.2, 0.25) is 5.91 Å². The largest absolute Gasteiger partial charge is 0.350 e. The summed E-state index contributed by atoms with van der Waals surface area (Å²) in [6.07, 6.45) is 12.0. The molecule has 0 bridgehead atoms. The fourth-order valence-corrected chi connectivity index (χ4v) is 2.29. The average molecular weight is 223 g/mol. The van der Waals surface area contributed by atoms with Crippen molar-refractivity contribution in [3.8, 4) is 0 Å². The SMILES string of the molecule is CCCCC/C=C/C(=O)N[C@@H]1CC[C@H](C)C1. The molecule has 1 amide bonds. The number of rotatable bonds is 6. The van der Waals surface area contributed by atoms with Gasteiger partial charge in [-0.1, -0.05) is 32.8 Å². The molecule has 0 heterocycles. The number of amides is 1. The van der Waals surface area contributed by atoms with Crippen molar-refractivity contribution in [1.82, 2.24) is 5.32 Å². The second-order valence-corrected chi connectivity index (χ2v) is 5.02. The normalized spacial score (nSPS) is 25.1. The van der Waals surface area contributed by atoms with Gasteiger partial charge in [0.05, 0.1) is 0 Å². The Morgan fingerprint density at radius 1 is 1.38 bits per heavy atom. The number of allylic oxidation sites excluding steroid dienone is 1. The van der Waals surface area contributed by atoms with Gasteiger partial charge in [0.15, 0.2) is 0 Å². The quantitative estimate of drug-likeness (QED) is 0.542. The fraction of sp³-hybridized carbons (Fsp3) is 0.786. The Morgan fingerprint density at radius 3 is 2.81 bits per heavy atom. The number of unbranched alkanes of at least 4 members (excludes halogenated alkanes) is 3. The molecule has 1 rings (SSSR count). The van der Waals surface area contributed by atoms with Crippen LogP contribution >= 0.6 is 0 Å². The van der Waals surface area contributed by atoms with E-state index in [1.54, 1.807) is 6.08 Å². The number of carbonyl (C=O) groups excluding carboxylic acids is 1. The molecule has 2 heteroatoms. The molecule has 1 saturated carbocycles. The van der Waals surface area contributed by atoms with Crippen molar-refractivity contribution >= 4 is 5.91 Å². The zero-order valence-corrected chi connectivity index (χ0v) is 10.7.